The summed E-state index contributed by atoms with van der Waals surface area (Å²) in [5.74, 6) is -0.162. The molecule has 6 heteroatoms. The first-order valence-electron chi connectivity index (χ1n) is 6.08. The predicted molar refractivity (Wildman–Crippen MR) is 78.3 cm³/mol. The van der Waals surface area contributed by atoms with E-state index in [2.05, 4.69) is 21.0 Å². The standard InChI is InChI=1S/C13H14BrClN2O2/c1-2-19-13(18)4-3-5-17-8-9-6-10(14)11(15)7-12(9)16-17/h6-8H,2-5H2,1H3. The van der Waals surface area contributed by atoms with E-state index in [1.54, 1.807) is 6.92 Å². The first-order valence-corrected chi connectivity index (χ1v) is 7.25. The van der Waals surface area contributed by atoms with Crippen LogP contribution >= 0.6 is 27.5 Å². The van der Waals surface area contributed by atoms with Gasteiger partial charge in [0.1, 0.15) is 0 Å². The minimum Gasteiger partial charge on any atom is -0.466 e. The Balaban J connectivity index is 2.00. The van der Waals surface area contributed by atoms with Crippen LogP contribution in [0.1, 0.15) is 19.8 Å². The third-order valence-electron chi connectivity index (χ3n) is 2.67. The number of aryl methyl sites for hydroxylation is 1. The smallest absolute Gasteiger partial charge is 0.305 e. The molecule has 0 spiro atoms. The molecular formula is C13H14BrClN2O2. The van der Waals surface area contributed by atoms with Crippen LogP contribution in [0.2, 0.25) is 5.02 Å². The largest absolute Gasteiger partial charge is 0.466 e. The number of hydrogen-bond donors (Lipinski definition) is 0. The van der Waals surface area contributed by atoms with Crippen molar-refractivity contribution in [3.63, 3.8) is 0 Å². The average molecular weight is 346 g/mol. The van der Waals surface area contributed by atoms with Crippen molar-refractivity contribution < 1.29 is 9.53 Å². The number of ether oxygens (including phenoxy) is 1. The summed E-state index contributed by atoms with van der Waals surface area (Å²) in [5.41, 5.74) is 0.851. The maximum Gasteiger partial charge on any atom is 0.305 e. The highest BCUT2D eigenvalue weighted by atomic mass is 79.9. The second-order valence-corrected chi connectivity index (χ2v) is 5.39. The SMILES string of the molecule is CCOC(=O)CCCn1cc2cc(Br)c(Cl)cc2n1. The summed E-state index contributed by atoms with van der Waals surface area (Å²) in [6.07, 6.45) is 3.07. The van der Waals surface area contributed by atoms with Crippen molar-refractivity contribution in [1.29, 1.82) is 0 Å². The van der Waals surface area contributed by atoms with E-state index in [-0.39, 0.29) is 5.97 Å². The Kier molecular flexibility index (Phi) is 4.82. The van der Waals surface area contributed by atoms with Crippen LogP contribution in [0.15, 0.2) is 22.8 Å². The van der Waals surface area contributed by atoms with Gasteiger partial charge in [-0.1, -0.05) is 11.6 Å². The molecule has 19 heavy (non-hydrogen) atoms. The number of hydrogen-bond acceptors (Lipinski definition) is 3. The van der Waals surface area contributed by atoms with E-state index in [9.17, 15) is 4.79 Å². The average Bonchev–Trinajstić information content (AvgIpc) is 2.72. The van der Waals surface area contributed by atoms with Gasteiger partial charge in [-0.15, -0.1) is 0 Å². The molecule has 102 valence electrons. The summed E-state index contributed by atoms with van der Waals surface area (Å²) in [5, 5.41) is 6.08. The molecule has 0 aliphatic carbocycles. The topological polar surface area (TPSA) is 44.1 Å². The van der Waals surface area contributed by atoms with Gasteiger partial charge >= 0.3 is 5.97 Å². The van der Waals surface area contributed by atoms with Crippen LogP contribution in [-0.2, 0) is 16.1 Å². The molecular weight excluding hydrogens is 332 g/mol. The van der Waals surface area contributed by atoms with Crippen molar-refractivity contribution in [2.45, 2.75) is 26.3 Å². The molecule has 0 N–H and O–H groups in total. The molecule has 0 atom stereocenters. The van der Waals surface area contributed by atoms with E-state index >= 15 is 0 Å². The lowest BCUT2D eigenvalue weighted by Gasteiger charge is -2.01. The van der Waals surface area contributed by atoms with Gasteiger partial charge in [0, 0.05) is 29.0 Å². The molecule has 0 bridgehead atoms. The van der Waals surface area contributed by atoms with Crippen LogP contribution in [0.5, 0.6) is 0 Å². The Labute approximate surface area is 124 Å². The molecule has 4 nitrogen and oxygen atoms in total. The van der Waals surface area contributed by atoms with Gasteiger partial charge < -0.3 is 4.74 Å². The van der Waals surface area contributed by atoms with E-state index in [1.807, 2.05) is 23.0 Å². The molecule has 2 rings (SSSR count). The van der Waals surface area contributed by atoms with Crippen LogP contribution in [-0.4, -0.2) is 22.4 Å². The Morgan fingerprint density at radius 2 is 2.32 bits per heavy atom. The number of benzene rings is 1. The van der Waals surface area contributed by atoms with Crippen molar-refractivity contribution in [3.8, 4) is 0 Å². The molecule has 0 aliphatic rings. The number of carbonyl (C=O) groups excluding carboxylic acids is 1. The van der Waals surface area contributed by atoms with E-state index in [1.165, 1.54) is 0 Å². The Bertz CT molecular complexity index is 559. The van der Waals surface area contributed by atoms with E-state index in [0.717, 1.165) is 15.4 Å². The maximum atomic E-state index is 11.2. The van der Waals surface area contributed by atoms with Crippen LogP contribution < -0.4 is 0 Å². The van der Waals surface area contributed by atoms with Gasteiger partial charge in [0.15, 0.2) is 0 Å². The molecule has 0 aliphatic heterocycles. The molecule has 0 amide bonds. The second kappa shape index (κ2) is 6.39. The minimum atomic E-state index is -0.162. The third kappa shape index (κ3) is 3.70. The highest BCUT2D eigenvalue weighted by Crippen LogP contribution is 2.27. The summed E-state index contributed by atoms with van der Waals surface area (Å²) < 4.78 is 7.56. The van der Waals surface area contributed by atoms with Gasteiger partial charge in [-0.2, -0.15) is 5.10 Å². The Hall–Kier alpha value is -1.07. The molecule has 0 fully saturated rings. The van der Waals surface area contributed by atoms with Gasteiger partial charge in [0.25, 0.3) is 0 Å². The van der Waals surface area contributed by atoms with Crippen LogP contribution in [0, 0.1) is 0 Å². The first-order chi connectivity index (χ1) is 9.10. The number of nitrogens with zero attached hydrogens (tertiary/aromatic N) is 2. The first kappa shape index (κ1) is 14.3. The molecule has 0 radical (unpaired) electrons. The molecule has 0 saturated carbocycles. The second-order valence-electron chi connectivity index (χ2n) is 4.13. The van der Waals surface area contributed by atoms with Gasteiger partial charge in [-0.3, -0.25) is 9.48 Å². The fourth-order valence-electron chi connectivity index (χ4n) is 1.80. The summed E-state index contributed by atoms with van der Waals surface area (Å²) in [6.45, 7) is 2.92. The van der Waals surface area contributed by atoms with Crippen LogP contribution in [0.25, 0.3) is 10.9 Å². The Morgan fingerprint density at radius 1 is 1.53 bits per heavy atom. The van der Waals surface area contributed by atoms with E-state index in [0.29, 0.717) is 31.0 Å². The molecule has 1 aromatic carbocycles. The van der Waals surface area contributed by atoms with Crippen LogP contribution in [0.3, 0.4) is 0 Å². The number of aromatic nitrogens is 2. The monoisotopic (exact) mass is 344 g/mol. The van der Waals surface area contributed by atoms with E-state index in [4.69, 9.17) is 16.3 Å². The maximum absolute atomic E-state index is 11.2. The van der Waals surface area contributed by atoms with Gasteiger partial charge in [-0.25, -0.2) is 0 Å². The quantitative estimate of drug-likeness (QED) is 0.774. The lowest BCUT2D eigenvalue weighted by molar-refractivity contribution is -0.143. The van der Waals surface area contributed by atoms with Gasteiger partial charge in [-0.05, 0) is 41.4 Å². The number of carbonyl (C=O) groups is 1. The summed E-state index contributed by atoms with van der Waals surface area (Å²) in [6, 6.07) is 3.76. The Morgan fingerprint density at radius 3 is 3.05 bits per heavy atom. The summed E-state index contributed by atoms with van der Waals surface area (Å²) in [4.78, 5) is 11.2. The highest BCUT2D eigenvalue weighted by Gasteiger charge is 2.06. The van der Waals surface area contributed by atoms with Crippen LogP contribution in [0.4, 0.5) is 0 Å². The predicted octanol–water partition coefficient (Wildman–Crippen LogP) is 3.80. The van der Waals surface area contributed by atoms with Crippen molar-refractivity contribution in [2.75, 3.05) is 6.61 Å². The number of halogens is 2. The number of fused-ring (bicyclic) bond motifs is 1. The van der Waals surface area contributed by atoms with Gasteiger partial charge in [0.05, 0.1) is 17.1 Å². The molecule has 1 heterocycles. The lowest BCUT2D eigenvalue weighted by Crippen LogP contribution is -2.06. The fraction of sp³-hybridized carbons (Fsp3) is 0.385. The third-order valence-corrected chi connectivity index (χ3v) is 3.86. The molecule has 0 unspecified atom stereocenters. The summed E-state index contributed by atoms with van der Waals surface area (Å²) in [7, 11) is 0. The minimum absolute atomic E-state index is 0.162. The summed E-state index contributed by atoms with van der Waals surface area (Å²) >= 11 is 9.40. The van der Waals surface area contributed by atoms with E-state index < -0.39 is 0 Å². The lowest BCUT2D eigenvalue weighted by atomic mass is 10.2. The fourth-order valence-corrected chi connectivity index (χ4v) is 2.32. The van der Waals surface area contributed by atoms with Gasteiger partial charge in [0.2, 0.25) is 0 Å². The normalized spacial score (nSPS) is 10.9. The zero-order chi connectivity index (χ0) is 13.8. The zero-order valence-electron chi connectivity index (χ0n) is 10.5. The highest BCUT2D eigenvalue weighted by molar-refractivity contribution is 9.10. The zero-order valence-corrected chi connectivity index (χ0v) is 12.9. The van der Waals surface area contributed by atoms with Crippen molar-refractivity contribution in [1.82, 2.24) is 9.78 Å². The molecule has 1 aromatic heterocycles. The molecule has 2 aromatic rings. The number of esters is 1. The molecule has 0 saturated heterocycles. The number of rotatable bonds is 5. The van der Waals surface area contributed by atoms with Crippen molar-refractivity contribution >= 4 is 44.4 Å². The van der Waals surface area contributed by atoms with Crippen molar-refractivity contribution in [3.05, 3.63) is 27.8 Å². The van der Waals surface area contributed by atoms with Crippen molar-refractivity contribution in [2.24, 2.45) is 0 Å².